The Hall–Kier alpha value is -0.900. The predicted octanol–water partition coefficient (Wildman–Crippen LogP) is 4.03. The van der Waals surface area contributed by atoms with Gasteiger partial charge in [-0.05, 0) is 44.0 Å². The van der Waals surface area contributed by atoms with E-state index in [4.69, 9.17) is 16.6 Å². The van der Waals surface area contributed by atoms with Crippen LogP contribution in [0.3, 0.4) is 0 Å². The van der Waals surface area contributed by atoms with Crippen LogP contribution in [0.2, 0.25) is 5.02 Å². The summed E-state index contributed by atoms with van der Waals surface area (Å²) in [6.07, 6.45) is 4.64. The van der Waals surface area contributed by atoms with E-state index >= 15 is 0 Å². The molecule has 0 spiro atoms. The van der Waals surface area contributed by atoms with E-state index in [0.717, 1.165) is 18.0 Å². The van der Waals surface area contributed by atoms with Crippen molar-refractivity contribution in [3.63, 3.8) is 0 Å². The molecule has 1 aromatic heterocycles. The van der Waals surface area contributed by atoms with Crippen molar-refractivity contribution in [3.8, 4) is 0 Å². The number of halogens is 1. The smallest absolute Gasteiger partial charge is 0.0975 e. The van der Waals surface area contributed by atoms with E-state index in [1.54, 1.807) is 0 Å². The van der Waals surface area contributed by atoms with Gasteiger partial charge in [0.1, 0.15) is 0 Å². The molecule has 0 amide bonds. The largest absolute Gasteiger partial charge is 0.319 e. The maximum absolute atomic E-state index is 6.05. The van der Waals surface area contributed by atoms with E-state index < -0.39 is 0 Å². The van der Waals surface area contributed by atoms with Gasteiger partial charge in [-0.15, -0.1) is 11.3 Å². The number of likely N-dealkylation sites (N-methyl/N-ethyl adjacent to an activating group) is 1. The summed E-state index contributed by atoms with van der Waals surface area (Å²) in [6, 6.07) is 8.08. The molecule has 0 radical (unpaired) electrons. The van der Waals surface area contributed by atoms with E-state index in [1.807, 2.05) is 36.6 Å². The summed E-state index contributed by atoms with van der Waals surface area (Å²) < 4.78 is 0. The van der Waals surface area contributed by atoms with E-state index in [2.05, 4.69) is 11.4 Å². The number of benzene rings is 1. The van der Waals surface area contributed by atoms with Gasteiger partial charge in [0, 0.05) is 28.8 Å². The molecule has 0 saturated carbocycles. The zero-order valence-electron chi connectivity index (χ0n) is 11.7. The van der Waals surface area contributed by atoms with Crippen LogP contribution in [-0.4, -0.2) is 18.6 Å². The number of nitrogens with zero attached hydrogens (tertiary/aromatic N) is 1. The zero-order chi connectivity index (χ0) is 13.9. The van der Waals surface area contributed by atoms with Crippen molar-refractivity contribution >= 4 is 22.9 Å². The molecule has 1 unspecified atom stereocenters. The third kappa shape index (κ3) is 3.05. The summed E-state index contributed by atoms with van der Waals surface area (Å²) in [7, 11) is 2.02. The van der Waals surface area contributed by atoms with Crippen molar-refractivity contribution in [1.29, 1.82) is 0 Å². The molecule has 20 heavy (non-hydrogen) atoms. The Morgan fingerprint density at radius 1 is 1.45 bits per heavy atom. The first-order valence-corrected chi connectivity index (χ1v) is 8.33. The van der Waals surface area contributed by atoms with Crippen molar-refractivity contribution in [2.24, 2.45) is 0 Å². The highest BCUT2D eigenvalue weighted by Gasteiger charge is 2.24. The van der Waals surface area contributed by atoms with Crippen LogP contribution in [0.1, 0.15) is 39.9 Å². The number of aryl methyl sites for hydroxylation is 1. The molecule has 0 fully saturated rings. The third-order valence-corrected chi connectivity index (χ3v) is 5.18. The fraction of sp³-hybridized carbons (Fsp3) is 0.438. The van der Waals surface area contributed by atoms with E-state index in [0.29, 0.717) is 5.92 Å². The molecule has 1 N–H and O–H groups in total. The number of hydrogen-bond donors (Lipinski definition) is 1. The van der Waals surface area contributed by atoms with E-state index in [-0.39, 0.29) is 0 Å². The predicted molar refractivity (Wildman–Crippen MR) is 86.0 cm³/mol. The Kier molecular flexibility index (Phi) is 4.39. The van der Waals surface area contributed by atoms with Gasteiger partial charge < -0.3 is 5.32 Å². The van der Waals surface area contributed by atoms with Crippen molar-refractivity contribution in [3.05, 3.63) is 50.4 Å². The summed E-state index contributed by atoms with van der Waals surface area (Å²) >= 11 is 7.93. The van der Waals surface area contributed by atoms with Gasteiger partial charge in [-0.1, -0.05) is 23.7 Å². The lowest BCUT2D eigenvalue weighted by Gasteiger charge is -2.20. The minimum atomic E-state index is 0.591. The first-order chi connectivity index (χ1) is 9.76. The van der Waals surface area contributed by atoms with Gasteiger partial charge in [0.25, 0.3) is 0 Å². The maximum Gasteiger partial charge on any atom is 0.0975 e. The van der Waals surface area contributed by atoms with Crippen LogP contribution < -0.4 is 5.32 Å². The van der Waals surface area contributed by atoms with Crippen LogP contribution in [0.5, 0.6) is 0 Å². The van der Waals surface area contributed by atoms with Crippen molar-refractivity contribution in [2.45, 2.75) is 31.6 Å². The van der Waals surface area contributed by atoms with Gasteiger partial charge in [-0.2, -0.15) is 0 Å². The fourth-order valence-electron chi connectivity index (χ4n) is 2.90. The molecule has 3 rings (SSSR count). The molecule has 2 nitrogen and oxygen atoms in total. The lowest BCUT2D eigenvalue weighted by Crippen LogP contribution is -2.21. The zero-order valence-corrected chi connectivity index (χ0v) is 13.2. The molecule has 1 aliphatic rings. The molecule has 2 aromatic rings. The van der Waals surface area contributed by atoms with Crippen molar-refractivity contribution in [1.82, 2.24) is 10.3 Å². The second-order valence-corrected chi connectivity index (χ2v) is 6.97. The standard InChI is InChI=1S/C16H19ClN2S/c1-18-10-12-5-3-7-14-16(12)19-15(20-14)9-11-4-2-6-13(17)8-11/h2,4,6,8,12,18H,3,5,7,9-10H2,1H3. The van der Waals surface area contributed by atoms with Crippen LogP contribution in [-0.2, 0) is 12.8 Å². The summed E-state index contributed by atoms with van der Waals surface area (Å²) in [6.45, 7) is 1.04. The molecule has 106 valence electrons. The summed E-state index contributed by atoms with van der Waals surface area (Å²) in [5.74, 6) is 0.591. The summed E-state index contributed by atoms with van der Waals surface area (Å²) in [5, 5.41) is 5.32. The number of hydrogen-bond acceptors (Lipinski definition) is 3. The second kappa shape index (κ2) is 6.25. The monoisotopic (exact) mass is 306 g/mol. The first kappa shape index (κ1) is 14.1. The molecule has 0 bridgehead atoms. The molecular weight excluding hydrogens is 288 g/mol. The molecule has 4 heteroatoms. The molecule has 1 heterocycles. The van der Waals surface area contributed by atoms with Gasteiger partial charge >= 0.3 is 0 Å². The van der Waals surface area contributed by atoms with Crippen LogP contribution in [0, 0.1) is 0 Å². The topological polar surface area (TPSA) is 24.9 Å². The van der Waals surface area contributed by atoms with E-state index in [1.165, 1.54) is 40.4 Å². The Morgan fingerprint density at radius 3 is 3.15 bits per heavy atom. The van der Waals surface area contributed by atoms with E-state index in [9.17, 15) is 0 Å². The van der Waals surface area contributed by atoms with Gasteiger partial charge in [0.2, 0.25) is 0 Å². The van der Waals surface area contributed by atoms with Gasteiger partial charge in [0.05, 0.1) is 10.7 Å². The Morgan fingerprint density at radius 2 is 2.35 bits per heavy atom. The average molecular weight is 307 g/mol. The molecule has 1 atom stereocenters. The third-order valence-electron chi connectivity index (χ3n) is 3.81. The molecule has 1 aromatic carbocycles. The second-order valence-electron chi connectivity index (χ2n) is 5.37. The minimum Gasteiger partial charge on any atom is -0.319 e. The minimum absolute atomic E-state index is 0.591. The average Bonchev–Trinajstić information content (AvgIpc) is 2.82. The van der Waals surface area contributed by atoms with Crippen molar-refractivity contribution < 1.29 is 0 Å². The number of rotatable bonds is 4. The Bertz CT molecular complexity index is 594. The number of fused-ring (bicyclic) bond motifs is 1. The molecule has 0 saturated heterocycles. The number of thiazole rings is 1. The van der Waals surface area contributed by atoms with Crippen LogP contribution in [0.15, 0.2) is 24.3 Å². The maximum atomic E-state index is 6.05. The fourth-order valence-corrected chi connectivity index (χ4v) is 4.34. The number of aromatic nitrogens is 1. The number of nitrogens with one attached hydrogen (secondary N) is 1. The lowest BCUT2D eigenvalue weighted by molar-refractivity contribution is 0.522. The van der Waals surface area contributed by atoms with Crippen LogP contribution in [0.4, 0.5) is 0 Å². The highest BCUT2D eigenvalue weighted by molar-refractivity contribution is 7.11. The Labute approximate surface area is 129 Å². The highest BCUT2D eigenvalue weighted by atomic mass is 35.5. The normalized spacial score (nSPS) is 18.0. The van der Waals surface area contributed by atoms with Crippen molar-refractivity contribution in [2.75, 3.05) is 13.6 Å². The van der Waals surface area contributed by atoms with Gasteiger partial charge in [-0.3, -0.25) is 0 Å². The molecule has 1 aliphatic carbocycles. The first-order valence-electron chi connectivity index (χ1n) is 7.14. The highest BCUT2D eigenvalue weighted by Crippen LogP contribution is 2.35. The lowest BCUT2D eigenvalue weighted by atomic mass is 9.91. The van der Waals surface area contributed by atoms with Crippen LogP contribution in [0.25, 0.3) is 0 Å². The quantitative estimate of drug-likeness (QED) is 0.922. The summed E-state index contributed by atoms with van der Waals surface area (Å²) in [4.78, 5) is 6.41. The SMILES string of the molecule is CNCC1CCCc2sc(Cc3cccc(Cl)c3)nc21. The molecular formula is C16H19ClN2S. The van der Waals surface area contributed by atoms with Gasteiger partial charge in [0.15, 0.2) is 0 Å². The molecule has 0 aliphatic heterocycles. The Balaban J connectivity index is 1.82. The summed E-state index contributed by atoms with van der Waals surface area (Å²) in [5.41, 5.74) is 2.58. The van der Waals surface area contributed by atoms with Crippen LogP contribution >= 0.6 is 22.9 Å². The van der Waals surface area contributed by atoms with Gasteiger partial charge in [-0.25, -0.2) is 4.98 Å².